The first-order valence-electron chi connectivity index (χ1n) is 11.8. The smallest absolute Gasteiger partial charge is 0.409 e. The summed E-state index contributed by atoms with van der Waals surface area (Å²) in [5, 5.41) is 0. The normalized spacial score (nSPS) is 17.1. The minimum absolute atomic E-state index is 0.109. The number of nitrogens with zero attached hydrogens (tertiary/aromatic N) is 3. The summed E-state index contributed by atoms with van der Waals surface area (Å²) in [7, 11) is 5.32. The third kappa shape index (κ3) is 7.51. The molecule has 1 aliphatic heterocycles. The number of esters is 1. The summed E-state index contributed by atoms with van der Waals surface area (Å²) in [6, 6.07) is 7.26. The lowest BCUT2D eigenvalue weighted by molar-refractivity contribution is -0.130. The van der Waals surface area contributed by atoms with Gasteiger partial charge in [0.05, 0.1) is 7.11 Å². The molecule has 33 heavy (non-hydrogen) atoms. The fraction of sp³-hybridized carbons (Fsp3) is 0.560. The molecule has 180 valence electrons. The van der Waals surface area contributed by atoms with Crippen molar-refractivity contribution in [2.45, 2.75) is 57.5 Å². The Kier molecular flexibility index (Phi) is 9.15. The number of hydrogen-bond donors (Lipinski definition) is 0. The Morgan fingerprint density at radius 3 is 2.61 bits per heavy atom. The van der Waals surface area contributed by atoms with Crippen LogP contribution in [0.3, 0.4) is 0 Å². The highest BCUT2D eigenvalue weighted by Gasteiger charge is 2.25. The molecule has 1 fully saturated rings. The van der Waals surface area contributed by atoms with E-state index in [-0.39, 0.29) is 23.8 Å². The minimum atomic E-state index is -0.452. The van der Waals surface area contributed by atoms with E-state index in [0.29, 0.717) is 17.9 Å². The van der Waals surface area contributed by atoms with Crippen molar-refractivity contribution in [3.8, 4) is 5.75 Å². The van der Waals surface area contributed by atoms with Gasteiger partial charge in [-0.15, -0.1) is 0 Å². The van der Waals surface area contributed by atoms with Crippen LogP contribution in [0.15, 0.2) is 41.2 Å². The van der Waals surface area contributed by atoms with Gasteiger partial charge in [-0.2, -0.15) is 0 Å². The molecule has 0 unspecified atom stereocenters. The summed E-state index contributed by atoms with van der Waals surface area (Å²) < 4.78 is 16.1. The molecule has 0 atom stereocenters. The van der Waals surface area contributed by atoms with Crippen molar-refractivity contribution in [2.24, 2.45) is 4.99 Å². The van der Waals surface area contributed by atoms with Crippen LogP contribution in [0, 0.1) is 0 Å². The number of cyclic esters (lactones) is 1. The molecule has 0 N–H and O–H groups in total. The van der Waals surface area contributed by atoms with Crippen LogP contribution in [0.4, 0.5) is 4.79 Å². The van der Waals surface area contributed by atoms with Gasteiger partial charge in [-0.3, -0.25) is 0 Å². The second-order valence-corrected chi connectivity index (χ2v) is 8.66. The number of unbranched alkanes of at least 4 members (excludes halogenated alkanes) is 3. The Balaban J connectivity index is 1.35. The summed E-state index contributed by atoms with van der Waals surface area (Å²) in [4.78, 5) is 32.2. The molecule has 0 saturated heterocycles. The van der Waals surface area contributed by atoms with E-state index in [1.807, 2.05) is 30.1 Å². The number of ether oxygens (including phenoxy) is 3. The van der Waals surface area contributed by atoms with E-state index < -0.39 is 5.97 Å². The zero-order chi connectivity index (χ0) is 23.6. The topological polar surface area (TPSA) is 80.7 Å². The van der Waals surface area contributed by atoms with Gasteiger partial charge in [0.1, 0.15) is 11.9 Å². The zero-order valence-corrected chi connectivity index (χ0v) is 19.9. The molecule has 0 spiro atoms. The van der Waals surface area contributed by atoms with Gasteiger partial charge in [0, 0.05) is 38.9 Å². The minimum Gasteiger partial charge on any atom is -0.497 e. The summed E-state index contributed by atoms with van der Waals surface area (Å²) in [5.41, 5.74) is 0.989. The van der Waals surface area contributed by atoms with E-state index in [2.05, 4.69) is 4.99 Å². The first-order chi connectivity index (χ1) is 16.0. The Hall–Kier alpha value is -3.03. The average Bonchev–Trinajstić information content (AvgIpc) is 3.45. The lowest BCUT2D eigenvalue weighted by Gasteiger charge is -2.20. The number of methoxy groups -OCH3 is 1. The molecule has 0 radical (unpaired) electrons. The molecular formula is C25H35N3O5. The second-order valence-electron chi connectivity index (χ2n) is 8.66. The molecule has 1 aromatic rings. The number of benzene rings is 1. The van der Waals surface area contributed by atoms with Crippen molar-refractivity contribution in [3.05, 3.63) is 41.7 Å². The maximum atomic E-state index is 12.2. The summed E-state index contributed by atoms with van der Waals surface area (Å²) >= 11 is 0. The van der Waals surface area contributed by atoms with Crippen molar-refractivity contribution < 1.29 is 23.8 Å². The predicted molar refractivity (Wildman–Crippen MR) is 126 cm³/mol. The maximum Gasteiger partial charge on any atom is 0.409 e. The third-order valence-corrected chi connectivity index (χ3v) is 5.92. The first kappa shape index (κ1) is 24.6. The number of carbonyl (C=O) groups is 2. The fourth-order valence-electron chi connectivity index (χ4n) is 3.95. The molecule has 0 aromatic heterocycles. The average molecular weight is 458 g/mol. The van der Waals surface area contributed by atoms with Crippen LogP contribution in [0.25, 0.3) is 0 Å². The van der Waals surface area contributed by atoms with Crippen LogP contribution in [-0.4, -0.2) is 68.2 Å². The van der Waals surface area contributed by atoms with Gasteiger partial charge < -0.3 is 24.0 Å². The van der Waals surface area contributed by atoms with E-state index in [0.717, 1.165) is 57.9 Å². The Labute approximate surface area is 196 Å². The highest BCUT2D eigenvalue weighted by Crippen LogP contribution is 2.22. The molecule has 1 heterocycles. The SMILES string of the molecule is COc1cccc(C2=NC(=CN(C)CCCCCCN(C)C(=O)OC3CCCC3)C(=O)O2)c1. The van der Waals surface area contributed by atoms with Crippen LogP contribution >= 0.6 is 0 Å². The first-order valence-corrected chi connectivity index (χ1v) is 11.8. The number of amides is 1. The monoisotopic (exact) mass is 457 g/mol. The second kappa shape index (κ2) is 12.3. The Morgan fingerprint density at radius 2 is 1.88 bits per heavy atom. The highest BCUT2D eigenvalue weighted by atomic mass is 16.6. The van der Waals surface area contributed by atoms with Crippen molar-refractivity contribution in [3.63, 3.8) is 0 Å². The molecule has 0 bridgehead atoms. The molecule has 8 heteroatoms. The number of rotatable bonds is 11. The van der Waals surface area contributed by atoms with Crippen LogP contribution in [0.5, 0.6) is 5.75 Å². The Morgan fingerprint density at radius 1 is 1.15 bits per heavy atom. The molecule has 1 aliphatic carbocycles. The number of aliphatic imine (C=N–C) groups is 1. The summed E-state index contributed by atoms with van der Waals surface area (Å²) in [6.07, 6.45) is 9.94. The zero-order valence-electron chi connectivity index (χ0n) is 19.9. The Bertz CT molecular complexity index is 877. The van der Waals surface area contributed by atoms with Gasteiger partial charge >= 0.3 is 12.1 Å². The van der Waals surface area contributed by atoms with Gasteiger partial charge in [-0.25, -0.2) is 14.6 Å². The van der Waals surface area contributed by atoms with Crippen LogP contribution < -0.4 is 4.74 Å². The molecule has 3 rings (SSSR count). The standard InChI is InChI=1S/C25H35N3O5/c1-27(15-8-4-5-9-16-28(2)25(30)32-20-12-6-7-13-20)18-22-24(29)33-23(26-22)19-11-10-14-21(17-19)31-3/h10-11,14,17-18,20H,4-9,12-13,15-16H2,1-3H3. The third-order valence-electron chi connectivity index (χ3n) is 5.92. The molecule has 1 amide bonds. The fourth-order valence-corrected chi connectivity index (χ4v) is 3.95. The van der Waals surface area contributed by atoms with Gasteiger partial charge in [-0.05, 0) is 56.7 Å². The van der Waals surface area contributed by atoms with Gasteiger partial charge in [0.15, 0.2) is 5.70 Å². The molecule has 2 aliphatic rings. The predicted octanol–water partition coefficient (Wildman–Crippen LogP) is 4.34. The highest BCUT2D eigenvalue weighted by molar-refractivity contribution is 6.11. The number of hydrogen-bond acceptors (Lipinski definition) is 7. The lowest BCUT2D eigenvalue weighted by atomic mass is 10.2. The van der Waals surface area contributed by atoms with Crippen LogP contribution in [0.2, 0.25) is 0 Å². The van der Waals surface area contributed by atoms with E-state index in [1.165, 1.54) is 0 Å². The quantitative estimate of drug-likeness (QED) is 0.279. The number of carbonyl (C=O) groups excluding carboxylic acids is 2. The molecule has 1 aromatic carbocycles. The van der Waals surface area contributed by atoms with E-state index in [9.17, 15) is 9.59 Å². The van der Waals surface area contributed by atoms with Gasteiger partial charge in [-0.1, -0.05) is 18.9 Å². The van der Waals surface area contributed by atoms with E-state index >= 15 is 0 Å². The van der Waals surface area contributed by atoms with Crippen LogP contribution in [-0.2, 0) is 14.3 Å². The summed E-state index contributed by atoms with van der Waals surface area (Å²) in [6.45, 7) is 1.51. The van der Waals surface area contributed by atoms with Crippen molar-refractivity contribution in [2.75, 3.05) is 34.3 Å². The van der Waals surface area contributed by atoms with Crippen molar-refractivity contribution in [1.82, 2.24) is 9.80 Å². The van der Waals surface area contributed by atoms with Crippen LogP contribution in [0.1, 0.15) is 56.9 Å². The lowest BCUT2D eigenvalue weighted by Crippen LogP contribution is -2.31. The van der Waals surface area contributed by atoms with Gasteiger partial charge in [0.25, 0.3) is 0 Å². The molecular weight excluding hydrogens is 422 g/mol. The summed E-state index contributed by atoms with van der Waals surface area (Å²) in [5.74, 6) is 0.513. The maximum absolute atomic E-state index is 12.2. The molecule has 8 nitrogen and oxygen atoms in total. The van der Waals surface area contributed by atoms with Crippen molar-refractivity contribution >= 4 is 18.0 Å². The van der Waals surface area contributed by atoms with E-state index in [1.54, 1.807) is 31.3 Å². The largest absolute Gasteiger partial charge is 0.497 e. The van der Waals surface area contributed by atoms with Crippen molar-refractivity contribution in [1.29, 1.82) is 0 Å². The van der Waals surface area contributed by atoms with E-state index in [4.69, 9.17) is 14.2 Å². The molecule has 1 saturated carbocycles. The van der Waals surface area contributed by atoms with Gasteiger partial charge in [0.2, 0.25) is 5.90 Å².